The van der Waals surface area contributed by atoms with Gasteiger partial charge in [-0.15, -0.1) is 0 Å². The maximum Gasteiger partial charge on any atom is 0.293 e. The number of nitro groups is 1. The summed E-state index contributed by atoms with van der Waals surface area (Å²) in [6.07, 6.45) is 1.65. The van der Waals surface area contributed by atoms with Gasteiger partial charge in [-0.25, -0.2) is 5.01 Å². The van der Waals surface area contributed by atoms with Gasteiger partial charge in [0, 0.05) is 24.7 Å². The lowest BCUT2D eigenvalue weighted by Gasteiger charge is -2.28. The fraction of sp³-hybridized carbons (Fsp3) is 0.174. The SMILES string of the molecule is O=[N+]([O-])c1cc(/C=N\N(c2ccccc2)c2ccccc2)ccc1N1CCOCC1. The quantitative estimate of drug-likeness (QED) is 0.342. The minimum atomic E-state index is -0.339. The summed E-state index contributed by atoms with van der Waals surface area (Å²) in [6.45, 7) is 2.43. The molecule has 1 fully saturated rings. The Morgan fingerprint density at radius 1 is 0.933 bits per heavy atom. The van der Waals surface area contributed by atoms with E-state index in [9.17, 15) is 10.1 Å². The van der Waals surface area contributed by atoms with Crippen LogP contribution in [-0.4, -0.2) is 37.4 Å². The Morgan fingerprint density at radius 2 is 1.53 bits per heavy atom. The molecule has 0 aliphatic carbocycles. The van der Waals surface area contributed by atoms with Crippen LogP contribution < -0.4 is 9.91 Å². The Labute approximate surface area is 175 Å². The van der Waals surface area contributed by atoms with E-state index in [1.807, 2.05) is 76.6 Å². The van der Waals surface area contributed by atoms with E-state index >= 15 is 0 Å². The van der Waals surface area contributed by atoms with Gasteiger partial charge >= 0.3 is 0 Å². The van der Waals surface area contributed by atoms with Crippen LogP contribution in [0.3, 0.4) is 0 Å². The number of benzene rings is 3. The highest BCUT2D eigenvalue weighted by atomic mass is 16.6. The standard InChI is InChI=1S/C23H22N4O3/c28-27(29)23-17-19(11-12-22(23)25-13-15-30-16-14-25)18-24-26(20-7-3-1-4-8-20)21-9-5-2-6-10-21/h1-12,17-18H,13-16H2/b24-18-. The van der Waals surface area contributed by atoms with Crippen LogP contribution in [0.25, 0.3) is 0 Å². The maximum absolute atomic E-state index is 11.7. The third-order valence-corrected chi connectivity index (χ3v) is 4.87. The highest BCUT2D eigenvalue weighted by molar-refractivity contribution is 5.84. The van der Waals surface area contributed by atoms with Crippen molar-refractivity contribution >= 4 is 29.0 Å². The molecule has 152 valence electrons. The van der Waals surface area contributed by atoms with Gasteiger partial charge in [-0.3, -0.25) is 10.1 Å². The lowest BCUT2D eigenvalue weighted by atomic mass is 10.1. The van der Waals surface area contributed by atoms with Gasteiger partial charge in [0.05, 0.1) is 35.7 Å². The predicted molar refractivity (Wildman–Crippen MR) is 119 cm³/mol. The largest absolute Gasteiger partial charge is 0.378 e. The summed E-state index contributed by atoms with van der Waals surface area (Å²) in [5.41, 5.74) is 3.16. The summed E-state index contributed by atoms with van der Waals surface area (Å²) in [4.78, 5) is 13.3. The predicted octanol–water partition coefficient (Wildman–Crippen LogP) is 4.60. The summed E-state index contributed by atoms with van der Waals surface area (Å²) in [5.74, 6) is 0. The van der Waals surface area contributed by atoms with Crippen molar-refractivity contribution in [1.82, 2.24) is 0 Å². The minimum absolute atomic E-state index is 0.0758. The topological polar surface area (TPSA) is 71.2 Å². The number of anilines is 3. The first-order valence-electron chi connectivity index (χ1n) is 9.78. The number of nitro benzene ring substituents is 1. The van der Waals surface area contributed by atoms with Crippen LogP contribution >= 0.6 is 0 Å². The number of hydrazone groups is 1. The van der Waals surface area contributed by atoms with Crippen molar-refractivity contribution in [3.8, 4) is 0 Å². The van der Waals surface area contributed by atoms with E-state index in [0.717, 1.165) is 11.4 Å². The molecule has 0 amide bonds. The van der Waals surface area contributed by atoms with E-state index in [-0.39, 0.29) is 10.6 Å². The van der Waals surface area contributed by atoms with Crippen molar-refractivity contribution in [2.45, 2.75) is 0 Å². The molecule has 0 saturated carbocycles. The second kappa shape index (κ2) is 9.19. The first kappa shape index (κ1) is 19.6. The molecule has 0 unspecified atom stereocenters. The third kappa shape index (κ3) is 4.47. The number of ether oxygens (including phenoxy) is 1. The molecule has 7 nitrogen and oxygen atoms in total. The molecule has 1 aliphatic rings. The summed E-state index contributed by atoms with van der Waals surface area (Å²) < 4.78 is 5.36. The van der Waals surface area contributed by atoms with E-state index in [2.05, 4.69) is 5.10 Å². The lowest BCUT2D eigenvalue weighted by Crippen LogP contribution is -2.36. The molecule has 0 atom stereocenters. The monoisotopic (exact) mass is 402 g/mol. The zero-order valence-corrected chi connectivity index (χ0v) is 16.4. The summed E-state index contributed by atoms with van der Waals surface area (Å²) in [6, 6.07) is 24.8. The van der Waals surface area contributed by atoms with E-state index in [0.29, 0.717) is 37.6 Å². The molecule has 1 aliphatic heterocycles. The first-order chi connectivity index (χ1) is 14.7. The molecule has 0 N–H and O–H groups in total. The number of morpholine rings is 1. The average Bonchev–Trinajstić information content (AvgIpc) is 2.81. The van der Waals surface area contributed by atoms with Gasteiger partial charge in [0.2, 0.25) is 0 Å². The summed E-state index contributed by atoms with van der Waals surface area (Å²) in [7, 11) is 0. The molecular formula is C23H22N4O3. The Bertz CT molecular complexity index is 980. The van der Waals surface area contributed by atoms with Crippen LogP contribution in [0.4, 0.5) is 22.7 Å². The van der Waals surface area contributed by atoms with Crippen molar-refractivity contribution in [3.63, 3.8) is 0 Å². The van der Waals surface area contributed by atoms with Gasteiger partial charge in [0.15, 0.2) is 0 Å². The first-order valence-corrected chi connectivity index (χ1v) is 9.78. The molecule has 3 aromatic carbocycles. The molecule has 0 aromatic heterocycles. The highest BCUT2D eigenvalue weighted by Crippen LogP contribution is 2.30. The van der Waals surface area contributed by atoms with Gasteiger partial charge < -0.3 is 9.64 Å². The minimum Gasteiger partial charge on any atom is -0.378 e. The molecule has 7 heteroatoms. The molecule has 0 radical (unpaired) electrons. The van der Waals surface area contributed by atoms with E-state index < -0.39 is 0 Å². The Kier molecular flexibility index (Phi) is 6.01. The molecular weight excluding hydrogens is 380 g/mol. The lowest BCUT2D eigenvalue weighted by molar-refractivity contribution is -0.384. The highest BCUT2D eigenvalue weighted by Gasteiger charge is 2.21. The molecule has 0 bridgehead atoms. The number of rotatable bonds is 6. The zero-order chi connectivity index (χ0) is 20.8. The molecule has 4 rings (SSSR count). The Balaban J connectivity index is 1.65. The van der Waals surface area contributed by atoms with E-state index in [1.54, 1.807) is 18.3 Å². The zero-order valence-electron chi connectivity index (χ0n) is 16.4. The average molecular weight is 402 g/mol. The number of para-hydroxylation sites is 2. The van der Waals surface area contributed by atoms with Crippen LogP contribution in [0.15, 0.2) is 84.0 Å². The van der Waals surface area contributed by atoms with Crippen LogP contribution in [0.1, 0.15) is 5.56 Å². The Morgan fingerprint density at radius 3 is 2.10 bits per heavy atom. The molecule has 30 heavy (non-hydrogen) atoms. The Hall–Kier alpha value is -3.71. The fourth-order valence-electron chi connectivity index (χ4n) is 3.38. The van der Waals surface area contributed by atoms with Gasteiger partial charge in [-0.05, 0) is 30.3 Å². The molecule has 1 heterocycles. The van der Waals surface area contributed by atoms with Crippen molar-refractivity contribution in [1.29, 1.82) is 0 Å². The molecule has 0 spiro atoms. The summed E-state index contributed by atoms with van der Waals surface area (Å²) >= 11 is 0. The van der Waals surface area contributed by atoms with Crippen molar-refractivity contribution in [3.05, 3.63) is 94.5 Å². The van der Waals surface area contributed by atoms with Crippen molar-refractivity contribution < 1.29 is 9.66 Å². The van der Waals surface area contributed by atoms with Crippen molar-refractivity contribution in [2.24, 2.45) is 5.10 Å². The van der Waals surface area contributed by atoms with Gasteiger partial charge in [0.25, 0.3) is 5.69 Å². The van der Waals surface area contributed by atoms with E-state index in [1.165, 1.54) is 0 Å². The number of hydrogen-bond donors (Lipinski definition) is 0. The summed E-state index contributed by atoms with van der Waals surface area (Å²) in [5, 5.41) is 18.1. The van der Waals surface area contributed by atoms with Crippen LogP contribution in [0.5, 0.6) is 0 Å². The normalized spacial score (nSPS) is 14.1. The second-order valence-electron chi connectivity index (χ2n) is 6.83. The van der Waals surface area contributed by atoms with Crippen LogP contribution in [0, 0.1) is 10.1 Å². The molecule has 1 saturated heterocycles. The third-order valence-electron chi connectivity index (χ3n) is 4.87. The number of hydrogen-bond acceptors (Lipinski definition) is 6. The van der Waals surface area contributed by atoms with Crippen molar-refractivity contribution in [2.75, 3.05) is 36.2 Å². The maximum atomic E-state index is 11.7. The smallest absolute Gasteiger partial charge is 0.293 e. The van der Waals surface area contributed by atoms with Crippen LogP contribution in [-0.2, 0) is 4.74 Å². The van der Waals surface area contributed by atoms with Crippen LogP contribution in [0.2, 0.25) is 0 Å². The van der Waals surface area contributed by atoms with E-state index in [4.69, 9.17) is 4.74 Å². The molecule has 3 aromatic rings. The van der Waals surface area contributed by atoms with Gasteiger partial charge in [-0.2, -0.15) is 5.10 Å². The van der Waals surface area contributed by atoms with Gasteiger partial charge in [0.1, 0.15) is 5.69 Å². The number of nitrogens with zero attached hydrogens (tertiary/aromatic N) is 4. The van der Waals surface area contributed by atoms with Gasteiger partial charge in [-0.1, -0.05) is 42.5 Å². The fourth-order valence-corrected chi connectivity index (χ4v) is 3.38. The second-order valence-corrected chi connectivity index (χ2v) is 6.83.